The number of hydrogen-bond acceptors (Lipinski definition) is 2. The molecule has 1 unspecified atom stereocenters. The third-order valence-electron chi connectivity index (χ3n) is 2.51. The van der Waals surface area contributed by atoms with Crippen molar-refractivity contribution in [2.75, 3.05) is 13.2 Å². The zero-order valence-electron chi connectivity index (χ0n) is 10.2. The lowest BCUT2D eigenvalue weighted by atomic mass is 10.2. The molecule has 1 aromatic carbocycles. The van der Waals surface area contributed by atoms with Crippen molar-refractivity contribution < 1.29 is 4.74 Å². The highest BCUT2D eigenvalue weighted by Gasteiger charge is 2.07. The summed E-state index contributed by atoms with van der Waals surface area (Å²) < 4.78 is 5.70. The van der Waals surface area contributed by atoms with Crippen LogP contribution in [0.15, 0.2) is 18.2 Å². The van der Waals surface area contributed by atoms with Crippen LogP contribution in [0, 0.1) is 6.92 Å². The van der Waals surface area contributed by atoms with Gasteiger partial charge in [0.2, 0.25) is 0 Å². The molecule has 0 saturated heterocycles. The Morgan fingerprint density at radius 2 is 2.12 bits per heavy atom. The van der Waals surface area contributed by atoms with Gasteiger partial charge in [0.1, 0.15) is 12.4 Å². The maximum absolute atomic E-state index is 6.09. The van der Waals surface area contributed by atoms with Crippen molar-refractivity contribution in [3.05, 3.63) is 28.8 Å². The molecule has 0 aliphatic carbocycles. The first-order valence-electron chi connectivity index (χ1n) is 5.79. The minimum atomic E-state index is 0.391. The minimum absolute atomic E-state index is 0.391. The molecule has 90 valence electrons. The summed E-state index contributed by atoms with van der Waals surface area (Å²) >= 11 is 6.09. The van der Waals surface area contributed by atoms with Crippen molar-refractivity contribution in [3.63, 3.8) is 0 Å². The van der Waals surface area contributed by atoms with E-state index in [0.29, 0.717) is 17.7 Å². The van der Waals surface area contributed by atoms with E-state index in [0.717, 1.165) is 24.3 Å². The second-order valence-corrected chi connectivity index (χ2v) is 4.31. The molecule has 1 atom stereocenters. The normalized spacial score (nSPS) is 12.5. The highest BCUT2D eigenvalue weighted by Crippen LogP contribution is 2.25. The van der Waals surface area contributed by atoms with Crippen molar-refractivity contribution in [2.24, 2.45) is 0 Å². The van der Waals surface area contributed by atoms with Gasteiger partial charge in [-0.05, 0) is 37.6 Å². The molecule has 1 N–H and O–H groups in total. The summed E-state index contributed by atoms with van der Waals surface area (Å²) in [5.74, 6) is 0.767. The summed E-state index contributed by atoms with van der Waals surface area (Å²) in [6.45, 7) is 7.88. The van der Waals surface area contributed by atoms with Crippen molar-refractivity contribution in [1.29, 1.82) is 0 Å². The molecule has 1 rings (SSSR count). The number of halogens is 1. The van der Waals surface area contributed by atoms with Crippen LogP contribution in [0.3, 0.4) is 0 Å². The monoisotopic (exact) mass is 241 g/mol. The van der Waals surface area contributed by atoms with E-state index in [2.05, 4.69) is 19.2 Å². The Balaban J connectivity index is 2.53. The summed E-state index contributed by atoms with van der Waals surface area (Å²) in [5, 5.41) is 4.05. The van der Waals surface area contributed by atoms with Gasteiger partial charge in [0.15, 0.2) is 0 Å². The SMILES string of the molecule is CCNC(CC)COc1ccc(C)cc1Cl. The van der Waals surface area contributed by atoms with Crippen LogP contribution in [0.2, 0.25) is 5.02 Å². The van der Waals surface area contributed by atoms with Crippen LogP contribution in [-0.2, 0) is 0 Å². The van der Waals surface area contributed by atoms with Gasteiger partial charge in [0.25, 0.3) is 0 Å². The highest BCUT2D eigenvalue weighted by molar-refractivity contribution is 6.32. The zero-order chi connectivity index (χ0) is 12.0. The van der Waals surface area contributed by atoms with Crippen LogP contribution in [0.1, 0.15) is 25.8 Å². The second-order valence-electron chi connectivity index (χ2n) is 3.91. The first-order chi connectivity index (χ1) is 7.67. The first-order valence-corrected chi connectivity index (χ1v) is 6.17. The van der Waals surface area contributed by atoms with E-state index in [1.807, 2.05) is 25.1 Å². The van der Waals surface area contributed by atoms with Gasteiger partial charge in [-0.1, -0.05) is 31.5 Å². The largest absolute Gasteiger partial charge is 0.490 e. The third-order valence-corrected chi connectivity index (χ3v) is 2.81. The van der Waals surface area contributed by atoms with Gasteiger partial charge in [-0.15, -0.1) is 0 Å². The quantitative estimate of drug-likeness (QED) is 0.824. The van der Waals surface area contributed by atoms with Crippen LogP contribution in [0.5, 0.6) is 5.75 Å². The van der Waals surface area contributed by atoms with Crippen LogP contribution < -0.4 is 10.1 Å². The fourth-order valence-electron chi connectivity index (χ4n) is 1.52. The van der Waals surface area contributed by atoms with E-state index < -0.39 is 0 Å². The molecule has 3 heteroatoms. The van der Waals surface area contributed by atoms with Gasteiger partial charge in [-0.2, -0.15) is 0 Å². The Bertz CT molecular complexity index is 328. The molecule has 0 amide bonds. The molecular weight excluding hydrogens is 222 g/mol. The Morgan fingerprint density at radius 3 is 2.69 bits per heavy atom. The number of ether oxygens (including phenoxy) is 1. The molecule has 16 heavy (non-hydrogen) atoms. The van der Waals surface area contributed by atoms with Gasteiger partial charge < -0.3 is 10.1 Å². The smallest absolute Gasteiger partial charge is 0.137 e. The molecule has 0 aromatic heterocycles. The zero-order valence-corrected chi connectivity index (χ0v) is 11.0. The minimum Gasteiger partial charge on any atom is -0.490 e. The van der Waals surface area contributed by atoms with E-state index in [9.17, 15) is 0 Å². The lowest BCUT2D eigenvalue weighted by Crippen LogP contribution is -2.33. The van der Waals surface area contributed by atoms with E-state index in [4.69, 9.17) is 16.3 Å². The molecule has 1 aromatic rings. The van der Waals surface area contributed by atoms with Crippen molar-refractivity contribution in [3.8, 4) is 5.75 Å². The summed E-state index contributed by atoms with van der Waals surface area (Å²) in [6.07, 6.45) is 1.05. The summed E-state index contributed by atoms with van der Waals surface area (Å²) in [5.41, 5.74) is 1.15. The number of hydrogen-bond donors (Lipinski definition) is 1. The van der Waals surface area contributed by atoms with Gasteiger partial charge in [0.05, 0.1) is 5.02 Å². The van der Waals surface area contributed by atoms with Crippen LogP contribution in [0.25, 0.3) is 0 Å². The number of rotatable bonds is 6. The van der Waals surface area contributed by atoms with Gasteiger partial charge in [-0.25, -0.2) is 0 Å². The maximum atomic E-state index is 6.09. The number of aryl methyl sites for hydroxylation is 1. The molecule has 2 nitrogen and oxygen atoms in total. The molecule has 0 aliphatic heterocycles. The maximum Gasteiger partial charge on any atom is 0.137 e. The number of nitrogens with one attached hydrogen (secondary N) is 1. The first kappa shape index (κ1) is 13.3. The topological polar surface area (TPSA) is 21.3 Å². The van der Waals surface area contributed by atoms with Crippen molar-refractivity contribution >= 4 is 11.6 Å². The molecule has 0 fully saturated rings. The molecule has 0 bridgehead atoms. The van der Waals surface area contributed by atoms with E-state index in [-0.39, 0.29) is 0 Å². The van der Waals surface area contributed by atoms with Crippen LogP contribution in [-0.4, -0.2) is 19.2 Å². The molecular formula is C13H20ClNO. The Kier molecular flexibility index (Phi) is 5.64. The predicted molar refractivity (Wildman–Crippen MR) is 69.4 cm³/mol. The molecule has 0 aliphatic rings. The Morgan fingerprint density at radius 1 is 1.38 bits per heavy atom. The number of benzene rings is 1. The second kappa shape index (κ2) is 6.77. The molecule has 0 spiro atoms. The summed E-state index contributed by atoms with van der Waals surface area (Å²) in [7, 11) is 0. The van der Waals surface area contributed by atoms with Gasteiger partial charge in [-0.3, -0.25) is 0 Å². The lowest BCUT2D eigenvalue weighted by Gasteiger charge is -2.17. The highest BCUT2D eigenvalue weighted by atomic mass is 35.5. The molecule has 0 radical (unpaired) electrons. The van der Waals surface area contributed by atoms with Gasteiger partial charge in [0, 0.05) is 6.04 Å². The molecule has 0 heterocycles. The Labute approximate surface area is 103 Å². The standard InChI is InChI=1S/C13H20ClNO/c1-4-11(15-5-2)9-16-13-7-6-10(3)8-12(13)14/h6-8,11,15H,4-5,9H2,1-3H3. The summed E-state index contributed by atoms with van der Waals surface area (Å²) in [6, 6.07) is 6.25. The summed E-state index contributed by atoms with van der Waals surface area (Å²) in [4.78, 5) is 0. The molecule has 0 saturated carbocycles. The van der Waals surface area contributed by atoms with E-state index in [1.165, 1.54) is 0 Å². The number of likely N-dealkylation sites (N-methyl/N-ethyl adjacent to an activating group) is 1. The van der Waals surface area contributed by atoms with Crippen molar-refractivity contribution in [1.82, 2.24) is 5.32 Å². The lowest BCUT2D eigenvalue weighted by molar-refractivity contribution is 0.262. The average molecular weight is 242 g/mol. The predicted octanol–water partition coefficient (Wildman–Crippen LogP) is 3.42. The third kappa shape index (κ3) is 4.03. The van der Waals surface area contributed by atoms with Crippen LogP contribution >= 0.6 is 11.6 Å². The fourth-order valence-corrected chi connectivity index (χ4v) is 1.81. The van der Waals surface area contributed by atoms with E-state index in [1.54, 1.807) is 0 Å². The van der Waals surface area contributed by atoms with Crippen molar-refractivity contribution in [2.45, 2.75) is 33.2 Å². The van der Waals surface area contributed by atoms with E-state index >= 15 is 0 Å². The van der Waals surface area contributed by atoms with Gasteiger partial charge >= 0.3 is 0 Å². The fraction of sp³-hybridized carbons (Fsp3) is 0.538. The average Bonchev–Trinajstić information content (AvgIpc) is 2.26. The van der Waals surface area contributed by atoms with Crippen LogP contribution in [0.4, 0.5) is 0 Å². The Hall–Kier alpha value is -0.730.